The van der Waals surface area contributed by atoms with Gasteiger partial charge >= 0.3 is 0 Å². The van der Waals surface area contributed by atoms with Gasteiger partial charge in [-0.2, -0.15) is 0 Å². The Balaban J connectivity index is 2.31. The van der Waals surface area contributed by atoms with Crippen LogP contribution in [-0.2, 0) is 4.79 Å². The van der Waals surface area contributed by atoms with Crippen molar-refractivity contribution in [1.82, 2.24) is 10.6 Å². The molecule has 1 amide bonds. The Morgan fingerprint density at radius 3 is 2.44 bits per heavy atom. The van der Waals surface area contributed by atoms with Crippen molar-refractivity contribution in [3.05, 3.63) is 0 Å². The van der Waals surface area contributed by atoms with E-state index in [4.69, 9.17) is 0 Å². The lowest BCUT2D eigenvalue weighted by Gasteiger charge is -2.31. The highest BCUT2D eigenvalue weighted by Gasteiger charge is 2.27. The van der Waals surface area contributed by atoms with E-state index in [-0.39, 0.29) is 12.5 Å². The summed E-state index contributed by atoms with van der Waals surface area (Å²) in [4.78, 5) is 11.9. The van der Waals surface area contributed by atoms with Gasteiger partial charge in [-0.25, -0.2) is 0 Å². The predicted octanol–water partition coefficient (Wildman–Crippen LogP) is 1.43. The molecule has 0 aromatic heterocycles. The van der Waals surface area contributed by atoms with E-state index in [0.29, 0.717) is 12.3 Å². The van der Waals surface area contributed by atoms with E-state index in [1.54, 1.807) is 0 Å². The molecule has 4 heteroatoms. The third-order valence-electron chi connectivity index (χ3n) is 4.30. The average Bonchev–Trinajstić information content (AvgIpc) is 2.44. The van der Waals surface area contributed by atoms with Crippen LogP contribution < -0.4 is 10.6 Å². The van der Waals surface area contributed by atoms with Crippen molar-refractivity contribution in [2.75, 3.05) is 19.7 Å². The normalized spacial score (nSPS) is 17.7. The molecule has 1 aliphatic rings. The number of carbonyl (C=O) groups excluding carboxylic acids is 1. The van der Waals surface area contributed by atoms with Gasteiger partial charge in [0.15, 0.2) is 0 Å². The van der Waals surface area contributed by atoms with Crippen molar-refractivity contribution in [1.29, 1.82) is 0 Å². The van der Waals surface area contributed by atoms with Gasteiger partial charge in [0, 0.05) is 6.42 Å². The monoisotopic (exact) mass is 256 g/mol. The highest BCUT2D eigenvalue weighted by Crippen LogP contribution is 2.19. The van der Waals surface area contributed by atoms with E-state index >= 15 is 0 Å². The average molecular weight is 256 g/mol. The summed E-state index contributed by atoms with van der Waals surface area (Å²) in [5.41, 5.74) is -0.412. The third-order valence-corrected chi connectivity index (χ3v) is 4.30. The molecule has 0 radical (unpaired) electrons. The summed E-state index contributed by atoms with van der Waals surface area (Å²) in [5.74, 6) is 0.773. The molecule has 1 fully saturated rings. The summed E-state index contributed by atoms with van der Waals surface area (Å²) in [6.45, 7) is 6.20. The molecule has 1 aliphatic heterocycles. The minimum Gasteiger partial charge on any atom is -0.394 e. The quantitative estimate of drug-likeness (QED) is 0.646. The number of aliphatic hydroxyl groups is 1. The largest absolute Gasteiger partial charge is 0.394 e. The first-order valence-electron chi connectivity index (χ1n) is 7.28. The molecule has 0 aromatic rings. The molecule has 1 saturated heterocycles. The first kappa shape index (κ1) is 15.4. The molecular formula is C14H28N2O2. The van der Waals surface area contributed by atoms with Crippen LogP contribution >= 0.6 is 0 Å². The Hall–Kier alpha value is -0.610. The number of piperidine rings is 1. The number of nitrogens with one attached hydrogen (secondary N) is 2. The number of amides is 1. The lowest BCUT2D eigenvalue weighted by atomic mass is 9.91. The Bertz CT molecular complexity index is 238. The van der Waals surface area contributed by atoms with E-state index < -0.39 is 5.54 Å². The number of aliphatic hydroxyl groups excluding tert-OH is 1. The van der Waals surface area contributed by atoms with Crippen molar-refractivity contribution in [2.45, 2.75) is 57.9 Å². The van der Waals surface area contributed by atoms with Crippen molar-refractivity contribution in [3.63, 3.8) is 0 Å². The summed E-state index contributed by atoms with van der Waals surface area (Å²) in [7, 11) is 0. The van der Waals surface area contributed by atoms with Crippen molar-refractivity contribution >= 4 is 5.91 Å². The fourth-order valence-corrected chi connectivity index (χ4v) is 2.55. The van der Waals surface area contributed by atoms with Gasteiger partial charge in [-0.05, 0) is 51.1 Å². The van der Waals surface area contributed by atoms with E-state index in [9.17, 15) is 9.90 Å². The highest BCUT2D eigenvalue weighted by molar-refractivity contribution is 5.76. The standard InChI is InChI=1S/C14H28N2O2/c1-3-14(4-2,11-17)16-13(18)6-5-12-7-9-15-10-8-12/h12,15,17H,3-11H2,1-2H3,(H,16,18). The van der Waals surface area contributed by atoms with Crippen LogP contribution in [0.2, 0.25) is 0 Å². The van der Waals surface area contributed by atoms with Crippen LogP contribution in [0.5, 0.6) is 0 Å². The van der Waals surface area contributed by atoms with E-state index in [0.717, 1.165) is 32.4 Å². The molecule has 0 atom stereocenters. The first-order valence-corrected chi connectivity index (χ1v) is 7.28. The van der Waals surface area contributed by atoms with Gasteiger partial charge in [-0.1, -0.05) is 13.8 Å². The summed E-state index contributed by atoms with van der Waals surface area (Å²) in [6.07, 6.45) is 5.48. The zero-order chi connectivity index (χ0) is 13.4. The molecule has 0 aromatic carbocycles. The Morgan fingerprint density at radius 2 is 1.94 bits per heavy atom. The highest BCUT2D eigenvalue weighted by atomic mass is 16.3. The summed E-state index contributed by atoms with van der Waals surface area (Å²) < 4.78 is 0. The van der Waals surface area contributed by atoms with Gasteiger partial charge in [0.1, 0.15) is 0 Å². The maximum absolute atomic E-state index is 11.9. The topological polar surface area (TPSA) is 61.4 Å². The van der Waals surface area contributed by atoms with E-state index in [1.807, 2.05) is 13.8 Å². The molecule has 1 rings (SSSR count). The second-order valence-electron chi connectivity index (χ2n) is 5.43. The lowest BCUT2D eigenvalue weighted by Crippen LogP contribution is -2.50. The molecule has 1 heterocycles. The molecule has 106 valence electrons. The molecule has 18 heavy (non-hydrogen) atoms. The second kappa shape index (κ2) is 7.74. The summed E-state index contributed by atoms with van der Waals surface area (Å²) in [5, 5.41) is 15.8. The van der Waals surface area contributed by atoms with Crippen molar-refractivity contribution in [3.8, 4) is 0 Å². The van der Waals surface area contributed by atoms with Crippen molar-refractivity contribution in [2.24, 2.45) is 5.92 Å². The first-order chi connectivity index (χ1) is 8.65. The predicted molar refractivity (Wildman–Crippen MR) is 73.4 cm³/mol. The minimum atomic E-state index is -0.412. The maximum atomic E-state index is 11.9. The van der Waals surface area contributed by atoms with Crippen molar-refractivity contribution < 1.29 is 9.90 Å². The summed E-state index contributed by atoms with van der Waals surface area (Å²) in [6, 6.07) is 0. The zero-order valence-corrected chi connectivity index (χ0v) is 11.8. The number of hydrogen-bond donors (Lipinski definition) is 3. The van der Waals surface area contributed by atoms with Crippen LogP contribution in [0.3, 0.4) is 0 Å². The van der Waals surface area contributed by atoms with Crippen LogP contribution in [0.25, 0.3) is 0 Å². The van der Waals surface area contributed by atoms with Gasteiger partial charge in [-0.15, -0.1) is 0 Å². The van der Waals surface area contributed by atoms with E-state index in [1.165, 1.54) is 12.8 Å². The Morgan fingerprint density at radius 1 is 1.33 bits per heavy atom. The molecule has 0 unspecified atom stereocenters. The van der Waals surface area contributed by atoms with Gasteiger partial charge in [0.25, 0.3) is 0 Å². The molecule has 0 spiro atoms. The van der Waals surface area contributed by atoms with Crippen LogP contribution in [-0.4, -0.2) is 36.2 Å². The van der Waals surface area contributed by atoms with Gasteiger partial charge < -0.3 is 15.7 Å². The van der Waals surface area contributed by atoms with Crippen LogP contribution in [0.4, 0.5) is 0 Å². The smallest absolute Gasteiger partial charge is 0.220 e. The molecular weight excluding hydrogens is 228 g/mol. The third kappa shape index (κ3) is 4.58. The zero-order valence-electron chi connectivity index (χ0n) is 11.8. The van der Waals surface area contributed by atoms with Crippen LogP contribution in [0, 0.1) is 5.92 Å². The second-order valence-corrected chi connectivity index (χ2v) is 5.43. The van der Waals surface area contributed by atoms with Gasteiger partial charge in [0.05, 0.1) is 12.1 Å². The number of rotatable bonds is 7. The maximum Gasteiger partial charge on any atom is 0.220 e. The Labute approximate surface area is 111 Å². The number of hydrogen-bond acceptors (Lipinski definition) is 3. The fraction of sp³-hybridized carbons (Fsp3) is 0.929. The molecule has 4 nitrogen and oxygen atoms in total. The lowest BCUT2D eigenvalue weighted by molar-refractivity contribution is -0.124. The van der Waals surface area contributed by atoms with Crippen LogP contribution in [0.15, 0.2) is 0 Å². The van der Waals surface area contributed by atoms with Crippen LogP contribution in [0.1, 0.15) is 52.4 Å². The Kier molecular flexibility index (Phi) is 6.65. The van der Waals surface area contributed by atoms with Gasteiger partial charge in [-0.3, -0.25) is 4.79 Å². The molecule has 3 N–H and O–H groups in total. The number of carbonyl (C=O) groups is 1. The SMILES string of the molecule is CCC(CC)(CO)NC(=O)CCC1CCNCC1. The molecule has 0 saturated carbocycles. The molecule has 0 bridgehead atoms. The summed E-state index contributed by atoms with van der Waals surface area (Å²) >= 11 is 0. The minimum absolute atomic E-state index is 0.0269. The van der Waals surface area contributed by atoms with Gasteiger partial charge in [0.2, 0.25) is 5.91 Å². The molecule has 0 aliphatic carbocycles. The van der Waals surface area contributed by atoms with E-state index in [2.05, 4.69) is 10.6 Å². The fourth-order valence-electron chi connectivity index (χ4n) is 2.55.